The highest BCUT2D eigenvalue weighted by Gasteiger charge is 2.11. The van der Waals surface area contributed by atoms with Gasteiger partial charge >= 0.3 is 0 Å². The highest BCUT2D eigenvalue weighted by Crippen LogP contribution is 2.23. The fourth-order valence-electron chi connectivity index (χ4n) is 1.52. The van der Waals surface area contributed by atoms with Crippen LogP contribution < -0.4 is 15.8 Å². The van der Waals surface area contributed by atoms with E-state index >= 15 is 0 Å². The molecule has 1 heterocycles. The van der Waals surface area contributed by atoms with E-state index in [4.69, 9.17) is 10.5 Å². The van der Waals surface area contributed by atoms with Gasteiger partial charge in [-0.15, -0.1) is 0 Å². The molecule has 0 radical (unpaired) electrons. The molecule has 4 N–H and O–H groups in total. The van der Waals surface area contributed by atoms with Crippen LogP contribution in [0.3, 0.4) is 0 Å². The number of nitrogens with one attached hydrogen (secondary N) is 1. The van der Waals surface area contributed by atoms with Gasteiger partial charge in [0.15, 0.2) is 5.82 Å². The normalized spacial score (nSPS) is 12.5. The van der Waals surface area contributed by atoms with Gasteiger partial charge in [0, 0.05) is 6.54 Å². The summed E-state index contributed by atoms with van der Waals surface area (Å²) in [6, 6.07) is 0. The number of anilines is 2. The molecule has 0 aliphatic rings. The number of ether oxygens (including phenoxy) is 1. The topological polar surface area (TPSA) is 93.3 Å². The summed E-state index contributed by atoms with van der Waals surface area (Å²) in [5, 5.41) is 12.7. The second-order valence-electron chi connectivity index (χ2n) is 4.31. The molecule has 1 aromatic heterocycles. The zero-order valence-electron chi connectivity index (χ0n) is 10.5. The lowest BCUT2D eigenvalue weighted by atomic mass is 10.1. The van der Waals surface area contributed by atoms with Gasteiger partial charge in [0.1, 0.15) is 12.0 Å². The SMILES string of the molecule is COc1ncnc(NCC(O)CC(C)C)c1N. The van der Waals surface area contributed by atoms with Gasteiger partial charge in [0.25, 0.3) is 0 Å². The Balaban J connectivity index is 2.57. The number of rotatable bonds is 6. The van der Waals surface area contributed by atoms with Crippen LogP contribution in [-0.4, -0.2) is 34.8 Å². The van der Waals surface area contributed by atoms with Crippen LogP contribution in [0.25, 0.3) is 0 Å². The van der Waals surface area contributed by atoms with Crippen molar-refractivity contribution in [2.24, 2.45) is 5.92 Å². The van der Waals surface area contributed by atoms with E-state index < -0.39 is 6.10 Å². The maximum atomic E-state index is 9.72. The van der Waals surface area contributed by atoms with Crippen LogP contribution in [0.15, 0.2) is 6.33 Å². The highest BCUT2D eigenvalue weighted by atomic mass is 16.5. The maximum absolute atomic E-state index is 9.72. The van der Waals surface area contributed by atoms with E-state index in [-0.39, 0.29) is 0 Å². The molecule has 1 rings (SSSR count). The molecule has 0 aromatic carbocycles. The van der Waals surface area contributed by atoms with Crippen LogP contribution in [0.1, 0.15) is 20.3 Å². The molecule has 0 saturated carbocycles. The quantitative estimate of drug-likeness (QED) is 0.683. The summed E-state index contributed by atoms with van der Waals surface area (Å²) in [6.45, 7) is 4.53. The van der Waals surface area contributed by atoms with Crippen molar-refractivity contribution in [3.63, 3.8) is 0 Å². The van der Waals surface area contributed by atoms with Gasteiger partial charge in [0.05, 0.1) is 13.2 Å². The molecular weight excluding hydrogens is 220 g/mol. The summed E-state index contributed by atoms with van der Waals surface area (Å²) in [5.41, 5.74) is 6.14. The third-order valence-electron chi connectivity index (χ3n) is 2.29. The minimum absolute atomic E-state index is 0.334. The Morgan fingerprint density at radius 1 is 1.47 bits per heavy atom. The van der Waals surface area contributed by atoms with Crippen molar-refractivity contribution >= 4 is 11.5 Å². The third kappa shape index (κ3) is 4.07. The fourth-order valence-corrected chi connectivity index (χ4v) is 1.52. The first-order valence-corrected chi connectivity index (χ1v) is 5.61. The number of aliphatic hydroxyl groups excluding tert-OH is 1. The van der Waals surface area contributed by atoms with Crippen molar-refractivity contribution in [1.29, 1.82) is 0 Å². The van der Waals surface area contributed by atoms with Crippen LogP contribution >= 0.6 is 0 Å². The summed E-state index contributed by atoms with van der Waals surface area (Å²) >= 11 is 0. The summed E-state index contributed by atoms with van der Waals surface area (Å²) < 4.78 is 4.98. The molecule has 0 aliphatic carbocycles. The Hall–Kier alpha value is -1.56. The minimum atomic E-state index is -0.421. The molecule has 0 aliphatic heterocycles. The van der Waals surface area contributed by atoms with E-state index in [1.165, 1.54) is 13.4 Å². The first-order valence-electron chi connectivity index (χ1n) is 5.61. The lowest BCUT2D eigenvalue weighted by Crippen LogP contribution is -2.22. The van der Waals surface area contributed by atoms with Crippen LogP contribution in [-0.2, 0) is 0 Å². The highest BCUT2D eigenvalue weighted by molar-refractivity contribution is 5.66. The maximum Gasteiger partial charge on any atom is 0.242 e. The zero-order chi connectivity index (χ0) is 12.8. The number of aliphatic hydroxyl groups is 1. The van der Waals surface area contributed by atoms with Gasteiger partial charge in [0.2, 0.25) is 5.88 Å². The number of aromatic nitrogens is 2. The molecule has 1 unspecified atom stereocenters. The summed E-state index contributed by atoms with van der Waals surface area (Å²) in [7, 11) is 1.50. The van der Waals surface area contributed by atoms with E-state index in [0.717, 1.165) is 6.42 Å². The average Bonchev–Trinajstić information content (AvgIpc) is 2.27. The Labute approximate surface area is 101 Å². The number of methoxy groups -OCH3 is 1. The first kappa shape index (κ1) is 13.5. The largest absolute Gasteiger partial charge is 0.479 e. The van der Waals surface area contributed by atoms with Crippen molar-refractivity contribution in [3.05, 3.63) is 6.33 Å². The van der Waals surface area contributed by atoms with E-state index in [9.17, 15) is 5.11 Å². The Morgan fingerprint density at radius 2 is 2.18 bits per heavy atom. The molecule has 96 valence electrons. The monoisotopic (exact) mass is 240 g/mol. The predicted octanol–water partition coefficient (Wildman–Crippen LogP) is 0.886. The lowest BCUT2D eigenvalue weighted by Gasteiger charge is -2.15. The molecule has 6 nitrogen and oxygen atoms in total. The third-order valence-corrected chi connectivity index (χ3v) is 2.29. The second kappa shape index (κ2) is 6.24. The zero-order valence-corrected chi connectivity index (χ0v) is 10.5. The Kier molecular flexibility index (Phi) is 4.96. The average molecular weight is 240 g/mol. The van der Waals surface area contributed by atoms with Crippen LogP contribution in [0.5, 0.6) is 5.88 Å². The molecule has 1 atom stereocenters. The van der Waals surface area contributed by atoms with Gasteiger partial charge in [-0.25, -0.2) is 4.98 Å². The van der Waals surface area contributed by atoms with Gasteiger partial charge in [-0.05, 0) is 12.3 Å². The molecular formula is C11H20N4O2. The van der Waals surface area contributed by atoms with E-state index in [1.54, 1.807) is 0 Å². The lowest BCUT2D eigenvalue weighted by molar-refractivity contribution is 0.161. The number of nitrogens with two attached hydrogens (primary N) is 1. The summed E-state index contributed by atoms with van der Waals surface area (Å²) in [6.07, 6.45) is 1.68. The number of nitrogen functional groups attached to an aromatic ring is 1. The summed E-state index contributed by atoms with van der Waals surface area (Å²) in [5.74, 6) is 1.27. The molecule has 0 fully saturated rings. The van der Waals surface area contributed by atoms with Crippen molar-refractivity contribution < 1.29 is 9.84 Å². The van der Waals surface area contributed by atoms with Gasteiger partial charge in [-0.1, -0.05) is 13.8 Å². The molecule has 6 heteroatoms. The molecule has 1 aromatic rings. The predicted molar refractivity (Wildman–Crippen MR) is 66.9 cm³/mol. The Morgan fingerprint density at radius 3 is 2.76 bits per heavy atom. The van der Waals surface area contributed by atoms with Crippen LogP contribution in [0, 0.1) is 5.92 Å². The van der Waals surface area contributed by atoms with E-state index in [2.05, 4.69) is 29.1 Å². The van der Waals surface area contributed by atoms with Crippen molar-refractivity contribution in [2.45, 2.75) is 26.4 Å². The Bertz CT molecular complexity index is 357. The molecule has 17 heavy (non-hydrogen) atoms. The van der Waals surface area contributed by atoms with Crippen molar-refractivity contribution in [3.8, 4) is 5.88 Å². The van der Waals surface area contributed by atoms with E-state index in [1.807, 2.05) is 0 Å². The molecule has 0 amide bonds. The second-order valence-corrected chi connectivity index (χ2v) is 4.31. The standard InChI is InChI=1S/C11H20N4O2/c1-7(2)4-8(16)5-13-10-9(12)11(17-3)15-6-14-10/h6-8,16H,4-5,12H2,1-3H3,(H,13,14,15). The van der Waals surface area contributed by atoms with Crippen LogP contribution in [0.2, 0.25) is 0 Å². The van der Waals surface area contributed by atoms with Crippen molar-refractivity contribution in [1.82, 2.24) is 9.97 Å². The fraction of sp³-hybridized carbons (Fsp3) is 0.636. The van der Waals surface area contributed by atoms with Gasteiger partial charge in [-0.3, -0.25) is 0 Å². The molecule has 0 saturated heterocycles. The van der Waals surface area contributed by atoms with Gasteiger partial charge < -0.3 is 20.9 Å². The number of nitrogens with zero attached hydrogens (tertiary/aromatic N) is 2. The molecule has 0 bridgehead atoms. The minimum Gasteiger partial charge on any atom is -0.479 e. The van der Waals surface area contributed by atoms with E-state index in [0.29, 0.717) is 29.8 Å². The van der Waals surface area contributed by atoms with Crippen LogP contribution in [0.4, 0.5) is 11.5 Å². The number of hydrogen-bond acceptors (Lipinski definition) is 6. The van der Waals surface area contributed by atoms with Gasteiger partial charge in [-0.2, -0.15) is 4.98 Å². The molecule has 0 spiro atoms. The number of hydrogen-bond donors (Lipinski definition) is 3. The van der Waals surface area contributed by atoms with Crippen molar-refractivity contribution in [2.75, 3.05) is 24.7 Å². The smallest absolute Gasteiger partial charge is 0.242 e. The first-order chi connectivity index (χ1) is 8.04. The summed E-state index contributed by atoms with van der Waals surface area (Å²) in [4.78, 5) is 7.87.